The first-order valence-corrected chi connectivity index (χ1v) is 10.3. The van der Waals surface area contributed by atoms with Gasteiger partial charge < -0.3 is 13.9 Å². The average molecular weight is 519 g/mol. The van der Waals surface area contributed by atoms with Crippen molar-refractivity contribution in [3.05, 3.63) is 92.7 Å². The number of hydrogen-bond acceptors (Lipinski definition) is 5. The van der Waals surface area contributed by atoms with Crippen molar-refractivity contribution in [3.8, 4) is 22.6 Å². The summed E-state index contributed by atoms with van der Waals surface area (Å²) in [5.41, 5.74) is -1.56. The van der Waals surface area contributed by atoms with E-state index in [1.807, 2.05) is 0 Å². The normalized spacial score (nSPS) is 11.4. The first kappa shape index (κ1) is 22.6. The standard InChI is InChI=1S/C24H14BrF3O5/c1-31-16-4-2-3-14(11-16)23(30)32-17-9-10-18-19(12-17)33-22(24(26,27)28)20(21(18)29)13-5-7-15(25)8-6-13/h2-12H,1H3. The van der Waals surface area contributed by atoms with Gasteiger partial charge in [0.15, 0.2) is 0 Å². The van der Waals surface area contributed by atoms with E-state index in [-0.39, 0.29) is 27.8 Å². The van der Waals surface area contributed by atoms with E-state index in [1.54, 1.807) is 12.1 Å². The van der Waals surface area contributed by atoms with Crippen LogP contribution in [0.5, 0.6) is 11.5 Å². The third-order valence-corrected chi connectivity index (χ3v) is 5.30. The van der Waals surface area contributed by atoms with Crippen molar-refractivity contribution in [2.75, 3.05) is 7.11 Å². The van der Waals surface area contributed by atoms with Crippen LogP contribution in [-0.4, -0.2) is 13.1 Å². The molecular weight excluding hydrogens is 505 g/mol. The predicted octanol–water partition coefficient (Wildman–Crippen LogP) is 6.47. The zero-order valence-electron chi connectivity index (χ0n) is 16.9. The molecule has 1 aromatic heterocycles. The van der Waals surface area contributed by atoms with Crippen molar-refractivity contribution in [2.24, 2.45) is 0 Å². The zero-order valence-corrected chi connectivity index (χ0v) is 18.5. The topological polar surface area (TPSA) is 65.7 Å². The summed E-state index contributed by atoms with van der Waals surface area (Å²) in [6, 6.07) is 15.7. The highest BCUT2D eigenvalue weighted by molar-refractivity contribution is 9.10. The second-order valence-corrected chi connectivity index (χ2v) is 7.84. The Hall–Kier alpha value is -3.59. The maximum atomic E-state index is 13.8. The number of carbonyl (C=O) groups is 1. The molecule has 0 unspecified atom stereocenters. The number of halogens is 4. The maximum absolute atomic E-state index is 13.8. The van der Waals surface area contributed by atoms with Crippen molar-refractivity contribution in [2.45, 2.75) is 6.18 Å². The SMILES string of the molecule is COc1cccc(C(=O)Oc2ccc3c(=O)c(-c4ccc(Br)cc4)c(C(F)(F)F)oc3c2)c1. The Morgan fingerprint density at radius 3 is 2.36 bits per heavy atom. The van der Waals surface area contributed by atoms with E-state index < -0.39 is 28.9 Å². The maximum Gasteiger partial charge on any atom is 0.450 e. The molecule has 0 radical (unpaired) electrons. The summed E-state index contributed by atoms with van der Waals surface area (Å²) < 4.78 is 57.5. The Morgan fingerprint density at radius 1 is 0.970 bits per heavy atom. The highest BCUT2D eigenvalue weighted by Crippen LogP contribution is 2.38. The Balaban J connectivity index is 1.79. The number of alkyl halides is 3. The molecule has 168 valence electrons. The molecule has 9 heteroatoms. The minimum absolute atomic E-state index is 0.0645. The van der Waals surface area contributed by atoms with Gasteiger partial charge in [-0.1, -0.05) is 34.1 Å². The Labute approximate surface area is 193 Å². The fourth-order valence-electron chi connectivity index (χ4n) is 3.23. The number of fused-ring (bicyclic) bond motifs is 1. The van der Waals surface area contributed by atoms with Crippen LogP contribution in [0.3, 0.4) is 0 Å². The van der Waals surface area contributed by atoms with E-state index >= 15 is 0 Å². The van der Waals surface area contributed by atoms with Crippen LogP contribution in [0.4, 0.5) is 13.2 Å². The lowest BCUT2D eigenvalue weighted by atomic mass is 10.0. The van der Waals surface area contributed by atoms with Crippen LogP contribution in [0, 0.1) is 0 Å². The van der Waals surface area contributed by atoms with Crippen molar-refractivity contribution >= 4 is 32.9 Å². The molecule has 0 aliphatic rings. The van der Waals surface area contributed by atoms with Crippen LogP contribution in [0.15, 0.2) is 80.4 Å². The van der Waals surface area contributed by atoms with Gasteiger partial charge in [-0.15, -0.1) is 0 Å². The van der Waals surface area contributed by atoms with E-state index in [1.165, 1.54) is 55.6 Å². The van der Waals surface area contributed by atoms with Gasteiger partial charge in [0.2, 0.25) is 11.2 Å². The number of benzene rings is 3. The van der Waals surface area contributed by atoms with Crippen molar-refractivity contribution in [1.82, 2.24) is 0 Å². The molecule has 1 heterocycles. The van der Waals surface area contributed by atoms with Gasteiger partial charge in [0.05, 0.1) is 23.6 Å². The van der Waals surface area contributed by atoms with Gasteiger partial charge in [0.1, 0.15) is 17.1 Å². The fourth-order valence-corrected chi connectivity index (χ4v) is 3.50. The van der Waals surface area contributed by atoms with Crippen molar-refractivity contribution in [3.63, 3.8) is 0 Å². The summed E-state index contributed by atoms with van der Waals surface area (Å²) in [7, 11) is 1.44. The molecule has 0 amide bonds. The minimum Gasteiger partial charge on any atom is -0.497 e. The van der Waals surface area contributed by atoms with Gasteiger partial charge >= 0.3 is 12.1 Å². The molecule has 0 saturated carbocycles. The molecule has 3 aromatic carbocycles. The van der Waals surface area contributed by atoms with Gasteiger partial charge in [-0.3, -0.25) is 4.79 Å². The zero-order chi connectivity index (χ0) is 23.8. The highest BCUT2D eigenvalue weighted by Gasteiger charge is 2.39. The third kappa shape index (κ3) is 4.63. The molecule has 0 N–H and O–H groups in total. The van der Waals surface area contributed by atoms with Crippen LogP contribution < -0.4 is 14.9 Å². The molecule has 0 aliphatic heterocycles. The van der Waals surface area contributed by atoms with Crippen molar-refractivity contribution in [1.29, 1.82) is 0 Å². The number of hydrogen-bond donors (Lipinski definition) is 0. The van der Waals surface area contributed by atoms with Crippen LogP contribution >= 0.6 is 15.9 Å². The van der Waals surface area contributed by atoms with Crippen LogP contribution in [0.1, 0.15) is 16.1 Å². The second-order valence-electron chi connectivity index (χ2n) is 6.92. The molecule has 0 saturated heterocycles. The predicted molar refractivity (Wildman–Crippen MR) is 119 cm³/mol. The molecule has 0 bridgehead atoms. The lowest BCUT2D eigenvalue weighted by Crippen LogP contribution is -2.16. The summed E-state index contributed by atoms with van der Waals surface area (Å²) in [5.74, 6) is -1.83. The fraction of sp³-hybridized carbons (Fsp3) is 0.0833. The van der Waals surface area contributed by atoms with E-state index in [0.29, 0.717) is 10.2 Å². The van der Waals surface area contributed by atoms with Gasteiger partial charge in [0, 0.05) is 10.5 Å². The Bertz CT molecular complexity index is 1410. The van der Waals surface area contributed by atoms with Crippen molar-refractivity contribution < 1.29 is 31.9 Å². The molecule has 0 aliphatic carbocycles. The number of rotatable bonds is 4. The monoisotopic (exact) mass is 518 g/mol. The molecular formula is C24H14BrF3O5. The minimum atomic E-state index is -4.93. The van der Waals surface area contributed by atoms with Crippen LogP contribution in [0.25, 0.3) is 22.1 Å². The van der Waals surface area contributed by atoms with E-state index in [4.69, 9.17) is 13.9 Å². The first-order valence-electron chi connectivity index (χ1n) is 9.47. The molecule has 0 fully saturated rings. The van der Waals surface area contributed by atoms with E-state index in [9.17, 15) is 22.8 Å². The molecule has 4 aromatic rings. The Morgan fingerprint density at radius 2 is 1.70 bits per heavy atom. The summed E-state index contributed by atoms with van der Waals surface area (Å²) in [5, 5.41) is -0.0814. The van der Waals surface area contributed by atoms with E-state index in [0.717, 1.165) is 6.07 Å². The molecule has 4 rings (SSSR count). The van der Waals surface area contributed by atoms with Crippen LogP contribution in [-0.2, 0) is 6.18 Å². The second kappa shape index (κ2) is 8.74. The lowest BCUT2D eigenvalue weighted by molar-refractivity contribution is -0.152. The van der Waals surface area contributed by atoms with Gasteiger partial charge in [-0.05, 0) is 48.0 Å². The molecule has 33 heavy (non-hydrogen) atoms. The summed E-state index contributed by atoms with van der Waals surface area (Å²) in [6.45, 7) is 0. The van der Waals surface area contributed by atoms with E-state index in [2.05, 4.69) is 15.9 Å². The third-order valence-electron chi connectivity index (χ3n) is 4.77. The Kier molecular flexibility index (Phi) is 5.99. The summed E-state index contributed by atoms with van der Waals surface area (Å²) in [6.07, 6.45) is -4.93. The molecule has 5 nitrogen and oxygen atoms in total. The quantitative estimate of drug-likeness (QED) is 0.229. The number of carbonyl (C=O) groups excluding carboxylic acids is 1. The van der Waals surface area contributed by atoms with Gasteiger partial charge in [0.25, 0.3) is 0 Å². The average Bonchev–Trinajstić information content (AvgIpc) is 2.79. The summed E-state index contributed by atoms with van der Waals surface area (Å²) >= 11 is 3.21. The lowest BCUT2D eigenvalue weighted by Gasteiger charge is -2.13. The highest BCUT2D eigenvalue weighted by atomic mass is 79.9. The van der Waals surface area contributed by atoms with Gasteiger partial charge in [-0.25, -0.2) is 4.79 Å². The van der Waals surface area contributed by atoms with Crippen LogP contribution in [0.2, 0.25) is 0 Å². The smallest absolute Gasteiger partial charge is 0.450 e. The largest absolute Gasteiger partial charge is 0.497 e. The van der Waals surface area contributed by atoms with Gasteiger partial charge in [-0.2, -0.15) is 13.2 Å². The molecule has 0 spiro atoms. The number of esters is 1. The number of methoxy groups -OCH3 is 1. The number of ether oxygens (including phenoxy) is 2. The first-order chi connectivity index (χ1) is 15.7. The summed E-state index contributed by atoms with van der Waals surface area (Å²) in [4.78, 5) is 25.4. The molecule has 0 atom stereocenters.